The minimum Gasteiger partial charge on any atom is -0.489 e. The van der Waals surface area contributed by atoms with E-state index >= 15 is 0 Å². The summed E-state index contributed by atoms with van der Waals surface area (Å²) in [6.45, 7) is 7.51. The van der Waals surface area contributed by atoms with Crippen molar-refractivity contribution in [2.24, 2.45) is 0 Å². The predicted octanol–water partition coefficient (Wildman–Crippen LogP) is 10.1. The van der Waals surface area contributed by atoms with Crippen molar-refractivity contribution in [1.29, 1.82) is 0 Å². The Bertz CT molecular complexity index is 2030. The van der Waals surface area contributed by atoms with Crippen LogP contribution < -0.4 is 9.47 Å². The molecule has 0 aliphatic carbocycles. The molecule has 0 bridgehead atoms. The molecule has 0 unspecified atom stereocenters. The molecule has 0 aromatic heterocycles. The van der Waals surface area contributed by atoms with Crippen LogP contribution in [0.5, 0.6) is 11.5 Å². The van der Waals surface area contributed by atoms with E-state index in [9.17, 15) is 9.59 Å². The van der Waals surface area contributed by atoms with Crippen LogP contribution in [0, 0.1) is 0 Å². The van der Waals surface area contributed by atoms with Crippen molar-refractivity contribution in [2.75, 3.05) is 26.4 Å². The summed E-state index contributed by atoms with van der Waals surface area (Å²) < 4.78 is 22.7. The molecule has 6 heteroatoms. The number of hydrogen-bond acceptors (Lipinski definition) is 6. The van der Waals surface area contributed by atoms with E-state index in [2.05, 4.69) is 98.1 Å². The molecule has 0 saturated heterocycles. The van der Waals surface area contributed by atoms with Gasteiger partial charge in [-0.15, -0.1) is 0 Å². The normalized spacial score (nSPS) is 10.7. The van der Waals surface area contributed by atoms with Crippen LogP contribution in [0.15, 0.2) is 177 Å². The van der Waals surface area contributed by atoms with E-state index in [1.807, 2.05) is 66.7 Å². The van der Waals surface area contributed by atoms with Gasteiger partial charge in [0.1, 0.15) is 37.9 Å². The molecular weight excluding hydrogens is 661 g/mol. The van der Waals surface area contributed by atoms with Gasteiger partial charge in [-0.25, -0.2) is 9.59 Å². The molecule has 0 saturated carbocycles. The molecule has 0 radical (unpaired) electrons. The number of hydrogen-bond donors (Lipinski definition) is 0. The Morgan fingerprint density at radius 3 is 1.25 bits per heavy atom. The first kappa shape index (κ1) is 36.1. The highest BCUT2D eigenvalue weighted by Gasteiger charge is 2.22. The molecule has 0 N–H and O–H groups in total. The highest BCUT2D eigenvalue weighted by atomic mass is 16.6. The molecule has 53 heavy (non-hydrogen) atoms. The Labute approximate surface area is 310 Å². The summed E-state index contributed by atoms with van der Waals surface area (Å²) in [6.07, 6.45) is 2.28. The van der Waals surface area contributed by atoms with E-state index in [1.54, 1.807) is 0 Å². The summed E-state index contributed by atoms with van der Waals surface area (Å²) >= 11 is 0. The van der Waals surface area contributed by atoms with E-state index in [-0.39, 0.29) is 32.3 Å². The SMILES string of the molecule is C=CC(=O)OCCOc1ccc(C(c2ccc(-c3ccccc3)cc2)c2ccc(OCCOC(=O)C=C)c(-c3ccccc3)c2)cc1-c1ccccc1. The van der Waals surface area contributed by atoms with Crippen LogP contribution in [0.4, 0.5) is 0 Å². The third kappa shape index (κ3) is 9.37. The minimum absolute atomic E-state index is 0.102. The van der Waals surface area contributed by atoms with E-state index in [0.717, 1.165) is 62.2 Å². The van der Waals surface area contributed by atoms with Crippen molar-refractivity contribution >= 4 is 11.9 Å². The van der Waals surface area contributed by atoms with Crippen LogP contribution >= 0.6 is 0 Å². The number of rotatable bonds is 16. The molecule has 0 heterocycles. The Kier molecular flexibility index (Phi) is 12.3. The fourth-order valence-corrected chi connectivity index (χ4v) is 6.17. The lowest BCUT2D eigenvalue weighted by Crippen LogP contribution is -2.11. The van der Waals surface area contributed by atoms with Crippen LogP contribution in [0.25, 0.3) is 33.4 Å². The lowest BCUT2D eigenvalue weighted by Gasteiger charge is -2.23. The zero-order valence-electron chi connectivity index (χ0n) is 29.4. The molecule has 6 rings (SSSR count). The maximum absolute atomic E-state index is 11.6. The van der Waals surface area contributed by atoms with Gasteiger partial charge in [0.2, 0.25) is 0 Å². The average molecular weight is 701 g/mol. The van der Waals surface area contributed by atoms with Gasteiger partial charge in [0.05, 0.1) is 0 Å². The lowest BCUT2D eigenvalue weighted by molar-refractivity contribution is -0.139. The predicted molar refractivity (Wildman–Crippen MR) is 210 cm³/mol. The Morgan fingerprint density at radius 1 is 0.453 bits per heavy atom. The highest BCUT2D eigenvalue weighted by Crippen LogP contribution is 2.41. The fourth-order valence-electron chi connectivity index (χ4n) is 6.17. The summed E-state index contributed by atoms with van der Waals surface area (Å²) in [5, 5.41) is 0. The van der Waals surface area contributed by atoms with Gasteiger partial charge in [0.25, 0.3) is 0 Å². The maximum atomic E-state index is 11.6. The topological polar surface area (TPSA) is 71.1 Å². The first-order valence-electron chi connectivity index (χ1n) is 17.4. The molecule has 0 atom stereocenters. The molecule has 6 aromatic carbocycles. The smallest absolute Gasteiger partial charge is 0.330 e. The van der Waals surface area contributed by atoms with Gasteiger partial charge in [0, 0.05) is 29.2 Å². The largest absolute Gasteiger partial charge is 0.489 e. The second kappa shape index (κ2) is 18.0. The molecular formula is C47H40O6. The van der Waals surface area contributed by atoms with Gasteiger partial charge in [0.15, 0.2) is 0 Å². The first-order valence-corrected chi connectivity index (χ1v) is 17.4. The molecule has 0 spiro atoms. The second-order valence-electron chi connectivity index (χ2n) is 12.1. The molecule has 6 aromatic rings. The monoisotopic (exact) mass is 700 g/mol. The van der Waals surface area contributed by atoms with Crippen molar-refractivity contribution in [3.05, 3.63) is 194 Å². The zero-order chi connectivity index (χ0) is 36.8. The van der Waals surface area contributed by atoms with Gasteiger partial charge in [-0.05, 0) is 63.2 Å². The van der Waals surface area contributed by atoms with E-state index in [4.69, 9.17) is 18.9 Å². The molecule has 0 aliphatic rings. The Balaban J connectivity index is 1.44. The number of ether oxygens (including phenoxy) is 4. The number of carbonyl (C=O) groups excluding carboxylic acids is 2. The van der Waals surface area contributed by atoms with Gasteiger partial charge >= 0.3 is 11.9 Å². The summed E-state index contributed by atoms with van der Waals surface area (Å²) in [6, 6.07) is 51.7. The number of esters is 2. The molecule has 6 nitrogen and oxygen atoms in total. The van der Waals surface area contributed by atoms with Crippen LogP contribution in [0.2, 0.25) is 0 Å². The van der Waals surface area contributed by atoms with Crippen molar-refractivity contribution in [3.63, 3.8) is 0 Å². The molecule has 264 valence electrons. The molecule has 0 amide bonds. The zero-order valence-corrected chi connectivity index (χ0v) is 29.4. The van der Waals surface area contributed by atoms with Gasteiger partial charge in [-0.3, -0.25) is 0 Å². The van der Waals surface area contributed by atoms with Crippen LogP contribution in [-0.2, 0) is 19.1 Å². The van der Waals surface area contributed by atoms with Crippen molar-refractivity contribution in [2.45, 2.75) is 5.92 Å². The van der Waals surface area contributed by atoms with Crippen molar-refractivity contribution in [1.82, 2.24) is 0 Å². The fraction of sp³-hybridized carbons (Fsp3) is 0.106. The molecule has 0 fully saturated rings. The number of benzene rings is 6. The van der Waals surface area contributed by atoms with Crippen molar-refractivity contribution in [3.8, 4) is 44.9 Å². The summed E-state index contributed by atoms with van der Waals surface area (Å²) in [5.74, 6) is 0.207. The second-order valence-corrected chi connectivity index (χ2v) is 12.1. The van der Waals surface area contributed by atoms with Crippen LogP contribution in [0.3, 0.4) is 0 Å². The average Bonchev–Trinajstić information content (AvgIpc) is 3.22. The van der Waals surface area contributed by atoms with Gasteiger partial charge in [-0.1, -0.05) is 141 Å². The summed E-state index contributed by atoms with van der Waals surface area (Å²) in [5.41, 5.74) is 9.34. The Hall–Kier alpha value is -6.66. The number of carbonyl (C=O) groups is 2. The summed E-state index contributed by atoms with van der Waals surface area (Å²) in [4.78, 5) is 23.2. The maximum Gasteiger partial charge on any atom is 0.330 e. The molecule has 0 aliphatic heterocycles. The third-order valence-corrected chi connectivity index (χ3v) is 8.70. The lowest BCUT2D eigenvalue weighted by atomic mass is 9.82. The van der Waals surface area contributed by atoms with Crippen molar-refractivity contribution < 1.29 is 28.5 Å². The van der Waals surface area contributed by atoms with Gasteiger partial charge < -0.3 is 18.9 Å². The Morgan fingerprint density at radius 2 is 0.830 bits per heavy atom. The van der Waals surface area contributed by atoms with Crippen LogP contribution in [-0.4, -0.2) is 38.4 Å². The first-order chi connectivity index (χ1) is 26.0. The quantitative estimate of drug-likeness (QED) is 0.0433. The highest BCUT2D eigenvalue weighted by molar-refractivity contribution is 5.81. The van der Waals surface area contributed by atoms with Gasteiger partial charge in [-0.2, -0.15) is 0 Å². The van der Waals surface area contributed by atoms with E-state index in [1.165, 1.54) is 0 Å². The third-order valence-electron chi connectivity index (χ3n) is 8.70. The van der Waals surface area contributed by atoms with Crippen LogP contribution in [0.1, 0.15) is 22.6 Å². The summed E-state index contributed by atoms with van der Waals surface area (Å²) in [7, 11) is 0. The standard InChI is InChI=1S/C47H40O6/c1-3-45(48)52-30-28-50-43-26-24-39(32-41(43)36-16-10-6-11-17-36)47(38-22-20-35(21-23-38)34-14-8-5-9-15-34)40-25-27-44(51-29-31-53-46(49)4-2)42(33-40)37-18-12-7-13-19-37/h3-27,32-33,47H,1-2,28-31H2. The minimum atomic E-state index is -0.490. The van der Waals surface area contributed by atoms with E-state index < -0.39 is 11.9 Å². The van der Waals surface area contributed by atoms with E-state index in [0.29, 0.717) is 11.5 Å².